The molecule has 0 radical (unpaired) electrons. The van der Waals surface area contributed by atoms with Crippen LogP contribution in [0.4, 0.5) is 0 Å². The van der Waals surface area contributed by atoms with Crippen LogP contribution >= 0.6 is 0 Å². The molecule has 0 aliphatic heterocycles. The molecular formula is C10H11N3O. The maximum atomic E-state index is 9.26. The number of pyridine rings is 1. The number of rotatable bonds is 2. The Labute approximate surface area is 81.8 Å². The lowest BCUT2D eigenvalue weighted by atomic mass is 10.2. The lowest BCUT2D eigenvalue weighted by Crippen LogP contribution is -1.99. The smallest absolute Gasteiger partial charge is 0.0931 e. The van der Waals surface area contributed by atoms with Gasteiger partial charge in [0.1, 0.15) is 0 Å². The minimum atomic E-state index is -0.526. The van der Waals surface area contributed by atoms with Crippen molar-refractivity contribution in [2.75, 3.05) is 0 Å². The van der Waals surface area contributed by atoms with E-state index in [9.17, 15) is 5.11 Å². The van der Waals surface area contributed by atoms with Crippen LogP contribution in [0, 0.1) is 0 Å². The summed E-state index contributed by atoms with van der Waals surface area (Å²) in [7, 11) is 0. The van der Waals surface area contributed by atoms with E-state index in [2.05, 4.69) is 10.1 Å². The highest BCUT2D eigenvalue weighted by atomic mass is 16.3. The van der Waals surface area contributed by atoms with Crippen molar-refractivity contribution < 1.29 is 5.11 Å². The second-order valence-electron chi connectivity index (χ2n) is 3.07. The van der Waals surface area contributed by atoms with Crippen molar-refractivity contribution in [3.63, 3.8) is 0 Å². The van der Waals surface area contributed by atoms with E-state index in [1.54, 1.807) is 30.1 Å². The average Bonchev–Trinajstić information content (AvgIpc) is 2.71. The summed E-state index contributed by atoms with van der Waals surface area (Å²) in [5.41, 5.74) is 1.56. The Balaban J connectivity index is 2.31. The molecule has 0 amide bonds. The molecule has 2 rings (SSSR count). The molecular weight excluding hydrogens is 178 g/mol. The fraction of sp³-hybridized carbons (Fsp3) is 0.200. The SMILES string of the molecule is C[C@@H](O)c1ccc(-n2cccn2)cn1. The molecule has 2 aromatic rings. The van der Waals surface area contributed by atoms with Crippen LogP contribution in [-0.2, 0) is 0 Å². The second kappa shape index (κ2) is 3.59. The van der Waals surface area contributed by atoms with Gasteiger partial charge in [-0.25, -0.2) is 4.68 Å². The van der Waals surface area contributed by atoms with E-state index in [0.717, 1.165) is 5.69 Å². The Kier molecular flexibility index (Phi) is 2.28. The molecule has 14 heavy (non-hydrogen) atoms. The first-order valence-electron chi connectivity index (χ1n) is 4.41. The van der Waals surface area contributed by atoms with Crippen LogP contribution in [0.2, 0.25) is 0 Å². The summed E-state index contributed by atoms with van der Waals surface area (Å²) < 4.78 is 1.72. The Hall–Kier alpha value is -1.68. The van der Waals surface area contributed by atoms with Crippen LogP contribution in [0.15, 0.2) is 36.8 Å². The summed E-state index contributed by atoms with van der Waals surface area (Å²) in [4.78, 5) is 4.12. The van der Waals surface area contributed by atoms with Crippen LogP contribution in [0.5, 0.6) is 0 Å². The molecule has 2 heterocycles. The maximum Gasteiger partial charge on any atom is 0.0931 e. The van der Waals surface area contributed by atoms with E-state index in [1.165, 1.54) is 0 Å². The zero-order valence-electron chi connectivity index (χ0n) is 7.83. The molecule has 0 fully saturated rings. The maximum absolute atomic E-state index is 9.26. The Morgan fingerprint density at radius 3 is 2.79 bits per heavy atom. The van der Waals surface area contributed by atoms with Crippen molar-refractivity contribution in [3.8, 4) is 5.69 Å². The molecule has 0 aliphatic rings. The highest BCUT2D eigenvalue weighted by molar-refractivity contribution is 5.28. The first-order valence-corrected chi connectivity index (χ1v) is 4.41. The van der Waals surface area contributed by atoms with E-state index < -0.39 is 6.10 Å². The zero-order valence-corrected chi connectivity index (χ0v) is 7.83. The normalized spacial score (nSPS) is 12.7. The molecule has 0 aromatic carbocycles. The van der Waals surface area contributed by atoms with Crippen molar-refractivity contribution in [1.29, 1.82) is 0 Å². The highest BCUT2D eigenvalue weighted by Crippen LogP contribution is 2.10. The van der Waals surface area contributed by atoms with Gasteiger partial charge in [-0.3, -0.25) is 4.98 Å². The van der Waals surface area contributed by atoms with Crippen molar-refractivity contribution in [3.05, 3.63) is 42.5 Å². The summed E-state index contributed by atoms with van der Waals surface area (Å²) >= 11 is 0. The molecule has 0 aliphatic carbocycles. The molecule has 4 nitrogen and oxygen atoms in total. The Morgan fingerprint density at radius 2 is 2.29 bits per heavy atom. The van der Waals surface area contributed by atoms with E-state index in [4.69, 9.17) is 0 Å². The second-order valence-corrected chi connectivity index (χ2v) is 3.07. The monoisotopic (exact) mass is 189 g/mol. The third-order valence-electron chi connectivity index (χ3n) is 1.97. The summed E-state index contributed by atoms with van der Waals surface area (Å²) in [6.07, 6.45) is 4.72. The molecule has 0 saturated carbocycles. The molecule has 4 heteroatoms. The number of aliphatic hydroxyl groups excluding tert-OH is 1. The Bertz CT molecular complexity index is 392. The van der Waals surface area contributed by atoms with Gasteiger partial charge in [0.15, 0.2) is 0 Å². The van der Waals surface area contributed by atoms with Crippen molar-refractivity contribution in [2.45, 2.75) is 13.0 Å². The molecule has 1 N–H and O–H groups in total. The van der Waals surface area contributed by atoms with Crippen LogP contribution in [-0.4, -0.2) is 19.9 Å². The molecule has 2 aromatic heterocycles. The van der Waals surface area contributed by atoms with Crippen LogP contribution in [0.1, 0.15) is 18.7 Å². The first kappa shape index (κ1) is 8.90. The van der Waals surface area contributed by atoms with E-state index in [-0.39, 0.29) is 0 Å². The highest BCUT2D eigenvalue weighted by Gasteiger charge is 2.02. The summed E-state index contributed by atoms with van der Waals surface area (Å²) in [6.45, 7) is 1.69. The largest absolute Gasteiger partial charge is 0.387 e. The predicted octanol–water partition coefficient (Wildman–Crippen LogP) is 1.32. The standard InChI is InChI=1S/C10H11N3O/c1-8(14)10-4-3-9(7-11-10)13-6-2-5-12-13/h2-8,14H,1H3/t8-/m1/s1. The zero-order chi connectivity index (χ0) is 9.97. The van der Waals surface area contributed by atoms with Gasteiger partial charge in [-0.2, -0.15) is 5.10 Å². The van der Waals surface area contributed by atoms with E-state index >= 15 is 0 Å². The van der Waals surface area contributed by atoms with Crippen LogP contribution < -0.4 is 0 Å². The molecule has 72 valence electrons. The molecule has 0 spiro atoms. The Morgan fingerprint density at radius 1 is 1.43 bits per heavy atom. The van der Waals surface area contributed by atoms with E-state index in [0.29, 0.717) is 5.69 Å². The number of aliphatic hydroxyl groups is 1. The lowest BCUT2D eigenvalue weighted by molar-refractivity contribution is 0.194. The number of hydrogen-bond donors (Lipinski definition) is 1. The summed E-state index contributed by atoms with van der Waals surface area (Å²) in [6, 6.07) is 5.52. The topological polar surface area (TPSA) is 50.9 Å². The van der Waals surface area contributed by atoms with E-state index in [1.807, 2.05) is 18.3 Å². The molecule has 1 atom stereocenters. The molecule has 0 unspecified atom stereocenters. The van der Waals surface area contributed by atoms with Gasteiger partial charge in [-0.15, -0.1) is 0 Å². The van der Waals surface area contributed by atoms with Gasteiger partial charge in [-0.1, -0.05) is 0 Å². The quantitative estimate of drug-likeness (QED) is 0.775. The van der Waals surface area contributed by atoms with Gasteiger partial charge in [0.25, 0.3) is 0 Å². The van der Waals surface area contributed by atoms with Crippen molar-refractivity contribution in [1.82, 2.24) is 14.8 Å². The first-order chi connectivity index (χ1) is 6.77. The predicted molar refractivity (Wildman–Crippen MR) is 52.0 cm³/mol. The number of nitrogens with zero attached hydrogens (tertiary/aromatic N) is 3. The third-order valence-corrected chi connectivity index (χ3v) is 1.97. The van der Waals surface area contributed by atoms with Gasteiger partial charge in [-0.05, 0) is 25.1 Å². The van der Waals surface area contributed by atoms with Crippen molar-refractivity contribution >= 4 is 0 Å². The fourth-order valence-electron chi connectivity index (χ4n) is 1.20. The van der Waals surface area contributed by atoms with Gasteiger partial charge in [0, 0.05) is 12.4 Å². The number of aromatic nitrogens is 3. The van der Waals surface area contributed by atoms with Gasteiger partial charge >= 0.3 is 0 Å². The summed E-state index contributed by atoms with van der Waals surface area (Å²) in [5.74, 6) is 0. The average molecular weight is 189 g/mol. The minimum Gasteiger partial charge on any atom is -0.387 e. The van der Waals surface area contributed by atoms with Gasteiger partial charge < -0.3 is 5.11 Å². The molecule has 0 bridgehead atoms. The van der Waals surface area contributed by atoms with Crippen LogP contribution in [0.25, 0.3) is 5.69 Å². The fourth-order valence-corrected chi connectivity index (χ4v) is 1.20. The lowest BCUT2D eigenvalue weighted by Gasteiger charge is -2.04. The van der Waals surface area contributed by atoms with Gasteiger partial charge in [0.2, 0.25) is 0 Å². The van der Waals surface area contributed by atoms with Crippen LogP contribution in [0.3, 0.4) is 0 Å². The third kappa shape index (κ3) is 1.65. The summed E-state index contributed by atoms with van der Waals surface area (Å²) in [5, 5.41) is 13.3. The number of hydrogen-bond acceptors (Lipinski definition) is 3. The van der Waals surface area contributed by atoms with Crippen molar-refractivity contribution in [2.24, 2.45) is 0 Å². The minimum absolute atomic E-state index is 0.526. The molecule has 0 saturated heterocycles. The van der Waals surface area contributed by atoms with Gasteiger partial charge in [0.05, 0.1) is 23.7 Å².